The van der Waals surface area contributed by atoms with Crippen LogP contribution in [0.15, 0.2) is 65.5 Å². The van der Waals surface area contributed by atoms with Gasteiger partial charge in [0.05, 0.1) is 25.1 Å². The fraction of sp³-hybridized carbons (Fsp3) is 0.222. The molecule has 0 saturated heterocycles. The van der Waals surface area contributed by atoms with Crippen LogP contribution in [-0.4, -0.2) is 40.8 Å². The molecule has 124 valence electrons. The van der Waals surface area contributed by atoms with Crippen molar-refractivity contribution in [3.63, 3.8) is 0 Å². The van der Waals surface area contributed by atoms with Gasteiger partial charge in [0.1, 0.15) is 5.76 Å². The third kappa shape index (κ3) is 3.72. The molecular weight excluding hydrogens is 306 g/mol. The second-order valence-corrected chi connectivity index (χ2v) is 5.30. The van der Waals surface area contributed by atoms with Crippen LogP contribution in [0.5, 0.6) is 0 Å². The van der Waals surface area contributed by atoms with Gasteiger partial charge in [0.2, 0.25) is 0 Å². The van der Waals surface area contributed by atoms with Crippen LogP contribution in [-0.2, 0) is 11.3 Å². The molecule has 0 saturated carbocycles. The Bertz CT molecular complexity index is 749. The van der Waals surface area contributed by atoms with E-state index in [-0.39, 0.29) is 5.91 Å². The highest BCUT2D eigenvalue weighted by atomic mass is 16.5. The maximum absolute atomic E-state index is 12.8. The largest absolute Gasteiger partial charge is 0.467 e. The smallest absolute Gasteiger partial charge is 0.254 e. The number of hydrogen-bond donors (Lipinski definition) is 0. The third-order valence-electron chi connectivity index (χ3n) is 3.66. The number of hydrogen-bond acceptors (Lipinski definition) is 4. The lowest BCUT2D eigenvalue weighted by Crippen LogP contribution is -2.33. The summed E-state index contributed by atoms with van der Waals surface area (Å²) in [6.45, 7) is 1.38. The van der Waals surface area contributed by atoms with Gasteiger partial charge in [-0.2, -0.15) is 5.10 Å². The van der Waals surface area contributed by atoms with Crippen LogP contribution in [0, 0.1) is 0 Å². The second-order valence-electron chi connectivity index (χ2n) is 5.30. The van der Waals surface area contributed by atoms with E-state index in [1.807, 2.05) is 36.5 Å². The number of rotatable bonds is 7. The molecule has 6 heteroatoms. The van der Waals surface area contributed by atoms with E-state index in [4.69, 9.17) is 9.15 Å². The summed E-state index contributed by atoms with van der Waals surface area (Å²) in [5.74, 6) is 0.683. The van der Waals surface area contributed by atoms with Crippen LogP contribution in [0.4, 0.5) is 0 Å². The Balaban J connectivity index is 1.75. The summed E-state index contributed by atoms with van der Waals surface area (Å²) in [5, 5.41) is 4.18. The van der Waals surface area contributed by atoms with Gasteiger partial charge in [0, 0.05) is 31.6 Å². The van der Waals surface area contributed by atoms with Crippen molar-refractivity contribution in [3.8, 4) is 5.69 Å². The summed E-state index contributed by atoms with van der Waals surface area (Å²) in [5.41, 5.74) is 1.53. The Morgan fingerprint density at radius 2 is 2.08 bits per heavy atom. The molecule has 6 nitrogen and oxygen atoms in total. The van der Waals surface area contributed by atoms with Crippen LogP contribution in [0.1, 0.15) is 16.1 Å². The summed E-state index contributed by atoms with van der Waals surface area (Å²) in [6, 6.07) is 12.9. The average Bonchev–Trinajstić information content (AvgIpc) is 3.32. The van der Waals surface area contributed by atoms with Crippen LogP contribution in [0.25, 0.3) is 5.69 Å². The monoisotopic (exact) mass is 325 g/mol. The van der Waals surface area contributed by atoms with Gasteiger partial charge in [-0.15, -0.1) is 0 Å². The molecule has 3 rings (SSSR count). The van der Waals surface area contributed by atoms with Crippen molar-refractivity contribution >= 4 is 5.91 Å². The van der Waals surface area contributed by atoms with E-state index in [9.17, 15) is 4.79 Å². The maximum atomic E-state index is 12.8. The number of benzene rings is 1. The molecule has 2 aromatic heterocycles. The van der Waals surface area contributed by atoms with Gasteiger partial charge in [-0.05, 0) is 42.5 Å². The Hall–Kier alpha value is -2.86. The first kappa shape index (κ1) is 16.0. The highest BCUT2D eigenvalue weighted by Gasteiger charge is 2.17. The quantitative estimate of drug-likeness (QED) is 0.670. The summed E-state index contributed by atoms with van der Waals surface area (Å²) < 4.78 is 12.2. The minimum atomic E-state index is -0.0598. The zero-order valence-electron chi connectivity index (χ0n) is 13.5. The van der Waals surface area contributed by atoms with Crippen LogP contribution in [0.2, 0.25) is 0 Å². The Morgan fingerprint density at radius 3 is 2.71 bits per heavy atom. The number of amides is 1. The Labute approximate surface area is 140 Å². The van der Waals surface area contributed by atoms with Gasteiger partial charge in [-0.3, -0.25) is 4.79 Å². The summed E-state index contributed by atoms with van der Waals surface area (Å²) in [4.78, 5) is 14.5. The predicted octanol–water partition coefficient (Wildman–Crippen LogP) is 2.75. The number of aromatic nitrogens is 2. The van der Waals surface area contributed by atoms with Gasteiger partial charge in [0.15, 0.2) is 0 Å². The second kappa shape index (κ2) is 7.61. The molecular formula is C18H19N3O3. The highest BCUT2D eigenvalue weighted by molar-refractivity contribution is 5.94. The Kier molecular flexibility index (Phi) is 5.08. The van der Waals surface area contributed by atoms with Gasteiger partial charge < -0.3 is 14.1 Å². The summed E-state index contributed by atoms with van der Waals surface area (Å²) in [7, 11) is 1.62. The van der Waals surface area contributed by atoms with E-state index in [1.165, 1.54) is 0 Å². The molecule has 0 aliphatic carbocycles. The minimum absolute atomic E-state index is 0.0598. The number of furan rings is 1. The van der Waals surface area contributed by atoms with Crippen molar-refractivity contribution in [2.24, 2.45) is 0 Å². The zero-order valence-corrected chi connectivity index (χ0v) is 13.5. The topological polar surface area (TPSA) is 60.5 Å². The molecule has 3 aromatic rings. The number of carbonyl (C=O) groups is 1. The summed E-state index contributed by atoms with van der Waals surface area (Å²) >= 11 is 0. The molecule has 0 bridgehead atoms. The van der Waals surface area contributed by atoms with E-state index in [0.717, 1.165) is 11.4 Å². The van der Waals surface area contributed by atoms with Crippen LogP contribution in [0.3, 0.4) is 0 Å². The van der Waals surface area contributed by atoms with E-state index >= 15 is 0 Å². The molecule has 0 unspecified atom stereocenters. The molecule has 0 N–H and O–H groups in total. The van der Waals surface area contributed by atoms with Crippen LogP contribution >= 0.6 is 0 Å². The van der Waals surface area contributed by atoms with Gasteiger partial charge in [0.25, 0.3) is 5.91 Å². The summed E-state index contributed by atoms with van der Waals surface area (Å²) in [6.07, 6.45) is 5.18. The fourth-order valence-corrected chi connectivity index (χ4v) is 2.41. The molecule has 1 aromatic carbocycles. The number of nitrogens with zero attached hydrogens (tertiary/aromatic N) is 3. The molecule has 0 aliphatic heterocycles. The van der Waals surface area contributed by atoms with E-state index < -0.39 is 0 Å². The van der Waals surface area contributed by atoms with Gasteiger partial charge in [-0.25, -0.2) is 4.68 Å². The third-order valence-corrected chi connectivity index (χ3v) is 3.66. The van der Waals surface area contributed by atoms with E-state index in [1.54, 1.807) is 41.3 Å². The predicted molar refractivity (Wildman–Crippen MR) is 88.9 cm³/mol. The lowest BCUT2D eigenvalue weighted by molar-refractivity contribution is 0.0666. The minimum Gasteiger partial charge on any atom is -0.467 e. The number of carbonyl (C=O) groups excluding carboxylic acids is 1. The number of methoxy groups -OCH3 is 1. The first-order valence-corrected chi connectivity index (χ1v) is 7.68. The molecule has 0 spiro atoms. The lowest BCUT2D eigenvalue weighted by Gasteiger charge is -2.21. The van der Waals surface area contributed by atoms with Crippen LogP contribution < -0.4 is 0 Å². The molecule has 0 atom stereocenters. The lowest BCUT2D eigenvalue weighted by atomic mass is 10.1. The first-order valence-electron chi connectivity index (χ1n) is 7.68. The maximum Gasteiger partial charge on any atom is 0.254 e. The fourth-order valence-electron chi connectivity index (χ4n) is 2.41. The highest BCUT2D eigenvalue weighted by Crippen LogP contribution is 2.13. The molecule has 0 fully saturated rings. The zero-order chi connectivity index (χ0) is 16.8. The van der Waals surface area contributed by atoms with Crippen molar-refractivity contribution in [1.82, 2.24) is 14.7 Å². The molecule has 0 aliphatic rings. The van der Waals surface area contributed by atoms with Crippen molar-refractivity contribution in [3.05, 3.63) is 72.4 Å². The normalized spacial score (nSPS) is 10.7. The molecule has 2 heterocycles. The Morgan fingerprint density at radius 1 is 1.25 bits per heavy atom. The van der Waals surface area contributed by atoms with E-state index in [2.05, 4.69) is 5.10 Å². The SMILES string of the molecule is COCCN(Cc1ccco1)C(=O)c1ccc(-n2cccn2)cc1. The van der Waals surface area contributed by atoms with Gasteiger partial charge >= 0.3 is 0 Å². The van der Waals surface area contributed by atoms with Crippen molar-refractivity contribution < 1.29 is 13.9 Å². The average molecular weight is 325 g/mol. The molecule has 1 amide bonds. The van der Waals surface area contributed by atoms with Crippen molar-refractivity contribution in [2.45, 2.75) is 6.54 Å². The standard InChI is InChI=1S/C18H19N3O3/c1-23-13-11-20(14-17-4-2-12-24-17)18(22)15-5-7-16(8-6-15)21-10-3-9-19-21/h2-10,12H,11,13-14H2,1H3. The van der Waals surface area contributed by atoms with Gasteiger partial charge in [-0.1, -0.05) is 0 Å². The first-order chi connectivity index (χ1) is 11.8. The number of ether oxygens (including phenoxy) is 1. The van der Waals surface area contributed by atoms with E-state index in [0.29, 0.717) is 25.3 Å². The van der Waals surface area contributed by atoms with Crippen molar-refractivity contribution in [1.29, 1.82) is 0 Å². The van der Waals surface area contributed by atoms with Crippen molar-refractivity contribution in [2.75, 3.05) is 20.3 Å². The molecule has 24 heavy (non-hydrogen) atoms. The molecule has 0 radical (unpaired) electrons.